The molecule has 0 radical (unpaired) electrons. The summed E-state index contributed by atoms with van der Waals surface area (Å²) in [5.74, 6) is -0.253. The molecule has 0 unspecified atom stereocenters. The predicted octanol–water partition coefficient (Wildman–Crippen LogP) is 2.85. The van der Waals surface area contributed by atoms with Gasteiger partial charge in [-0.25, -0.2) is 13.2 Å². The van der Waals surface area contributed by atoms with Crippen LogP contribution in [0.1, 0.15) is 5.56 Å². The first-order valence-electron chi connectivity index (χ1n) is 11.2. The number of amides is 1. The van der Waals surface area contributed by atoms with E-state index >= 15 is 0 Å². The second-order valence-electron chi connectivity index (χ2n) is 8.11. The fourth-order valence-electron chi connectivity index (χ4n) is 3.76. The van der Waals surface area contributed by atoms with Crippen LogP contribution in [0.4, 0.5) is 5.69 Å². The van der Waals surface area contributed by atoms with Gasteiger partial charge in [0, 0.05) is 13.6 Å². The van der Waals surface area contributed by atoms with Crippen LogP contribution in [0.2, 0.25) is 0 Å². The summed E-state index contributed by atoms with van der Waals surface area (Å²) in [5, 5.41) is 0. The molecule has 1 atom stereocenters. The van der Waals surface area contributed by atoms with E-state index in [0.717, 1.165) is 5.56 Å². The van der Waals surface area contributed by atoms with Gasteiger partial charge in [0.2, 0.25) is 16.1 Å². The van der Waals surface area contributed by atoms with Gasteiger partial charge in [-0.1, -0.05) is 42.5 Å². The van der Waals surface area contributed by atoms with Gasteiger partial charge in [-0.3, -0.25) is 4.79 Å². The highest BCUT2D eigenvalue weighted by molar-refractivity contribution is 7.89. The minimum Gasteiger partial charge on any atom is -0.484 e. The number of fused-ring (bicyclic) bond motifs is 1. The molecule has 0 bridgehead atoms. The SMILES string of the molecule is COC(=O)[C@@H]1CN(C(=O)COc2ccc(S(=O)(=O)N(C)Cc3ccccc3)cc2)c2ccccc2O1. The van der Waals surface area contributed by atoms with Crippen molar-refractivity contribution < 1.29 is 32.2 Å². The van der Waals surface area contributed by atoms with Gasteiger partial charge in [-0.2, -0.15) is 4.31 Å². The molecular formula is C26H26N2O7S. The normalized spacial score (nSPS) is 15.1. The summed E-state index contributed by atoms with van der Waals surface area (Å²) in [5.41, 5.74) is 1.40. The third-order valence-electron chi connectivity index (χ3n) is 5.68. The molecule has 3 aromatic carbocycles. The first-order chi connectivity index (χ1) is 17.3. The molecule has 0 aliphatic carbocycles. The summed E-state index contributed by atoms with van der Waals surface area (Å²) < 4.78 is 43.2. The number of para-hydroxylation sites is 2. The molecule has 1 amide bonds. The maximum absolute atomic E-state index is 13.0. The lowest BCUT2D eigenvalue weighted by Gasteiger charge is -2.33. The summed E-state index contributed by atoms with van der Waals surface area (Å²) in [4.78, 5) is 26.5. The van der Waals surface area contributed by atoms with E-state index in [0.29, 0.717) is 17.2 Å². The zero-order chi connectivity index (χ0) is 25.7. The average molecular weight is 511 g/mol. The molecule has 188 valence electrons. The van der Waals surface area contributed by atoms with E-state index in [1.165, 1.54) is 47.6 Å². The number of sulfonamides is 1. The monoisotopic (exact) mass is 510 g/mol. The van der Waals surface area contributed by atoms with Crippen molar-refractivity contribution in [1.82, 2.24) is 4.31 Å². The second-order valence-corrected chi connectivity index (χ2v) is 10.2. The quantitative estimate of drug-likeness (QED) is 0.430. The Morgan fingerprint density at radius 2 is 1.67 bits per heavy atom. The van der Waals surface area contributed by atoms with Crippen molar-refractivity contribution >= 4 is 27.6 Å². The van der Waals surface area contributed by atoms with Crippen LogP contribution in [0.5, 0.6) is 11.5 Å². The van der Waals surface area contributed by atoms with Gasteiger partial charge in [0.05, 0.1) is 24.2 Å². The Morgan fingerprint density at radius 3 is 2.36 bits per heavy atom. The first-order valence-corrected chi connectivity index (χ1v) is 12.6. The van der Waals surface area contributed by atoms with Crippen molar-refractivity contribution in [3.63, 3.8) is 0 Å². The molecule has 0 N–H and O–H groups in total. The third-order valence-corrected chi connectivity index (χ3v) is 7.50. The minimum atomic E-state index is -3.71. The molecule has 1 aliphatic heterocycles. The highest BCUT2D eigenvalue weighted by Gasteiger charge is 2.34. The lowest BCUT2D eigenvalue weighted by molar-refractivity contribution is -0.148. The van der Waals surface area contributed by atoms with Crippen LogP contribution in [-0.4, -0.2) is 58.0 Å². The van der Waals surface area contributed by atoms with Gasteiger partial charge in [0.25, 0.3) is 5.91 Å². The summed E-state index contributed by atoms with van der Waals surface area (Å²) in [6.07, 6.45) is -0.953. The van der Waals surface area contributed by atoms with E-state index < -0.39 is 22.1 Å². The first kappa shape index (κ1) is 25.2. The van der Waals surface area contributed by atoms with Crippen molar-refractivity contribution in [2.24, 2.45) is 0 Å². The molecule has 3 aromatic rings. The van der Waals surface area contributed by atoms with Crippen LogP contribution in [-0.2, 0) is 30.9 Å². The molecule has 0 aromatic heterocycles. The Balaban J connectivity index is 1.41. The van der Waals surface area contributed by atoms with Gasteiger partial charge in [0.15, 0.2) is 6.61 Å². The Bertz CT molecular complexity index is 1330. The van der Waals surface area contributed by atoms with Crippen LogP contribution >= 0.6 is 0 Å². The number of hydrogen-bond acceptors (Lipinski definition) is 7. The number of rotatable bonds is 8. The van der Waals surface area contributed by atoms with Crippen LogP contribution in [0.15, 0.2) is 83.8 Å². The topological polar surface area (TPSA) is 102 Å². The fourth-order valence-corrected chi connectivity index (χ4v) is 4.92. The number of hydrogen-bond donors (Lipinski definition) is 0. The van der Waals surface area contributed by atoms with Crippen LogP contribution < -0.4 is 14.4 Å². The number of esters is 1. The number of ether oxygens (including phenoxy) is 3. The summed E-state index contributed by atoms with van der Waals surface area (Å²) >= 11 is 0. The van der Waals surface area contributed by atoms with E-state index in [-0.39, 0.29) is 30.5 Å². The number of carbonyl (C=O) groups excluding carboxylic acids is 2. The average Bonchev–Trinajstić information content (AvgIpc) is 2.91. The Labute approximate surface area is 209 Å². The number of nitrogens with zero attached hydrogens (tertiary/aromatic N) is 2. The molecule has 0 spiro atoms. The molecular weight excluding hydrogens is 484 g/mol. The summed E-state index contributed by atoms with van der Waals surface area (Å²) in [7, 11) is -0.932. The summed E-state index contributed by atoms with van der Waals surface area (Å²) in [6, 6.07) is 22.1. The van der Waals surface area contributed by atoms with E-state index in [4.69, 9.17) is 14.2 Å². The van der Waals surface area contributed by atoms with E-state index in [2.05, 4.69) is 0 Å². The number of methoxy groups -OCH3 is 1. The molecule has 36 heavy (non-hydrogen) atoms. The van der Waals surface area contributed by atoms with Crippen LogP contribution in [0, 0.1) is 0 Å². The largest absolute Gasteiger partial charge is 0.484 e. The highest BCUT2D eigenvalue weighted by atomic mass is 32.2. The molecule has 0 fully saturated rings. The molecule has 0 saturated heterocycles. The highest BCUT2D eigenvalue weighted by Crippen LogP contribution is 2.33. The van der Waals surface area contributed by atoms with E-state index in [1.54, 1.807) is 24.3 Å². The van der Waals surface area contributed by atoms with Gasteiger partial charge >= 0.3 is 5.97 Å². The van der Waals surface area contributed by atoms with Crippen molar-refractivity contribution in [3.05, 3.63) is 84.4 Å². The number of benzene rings is 3. The number of carbonyl (C=O) groups is 2. The molecule has 0 saturated carbocycles. The van der Waals surface area contributed by atoms with Gasteiger partial charge in [-0.15, -0.1) is 0 Å². The molecule has 4 rings (SSSR count). The van der Waals surface area contributed by atoms with Gasteiger partial charge in [-0.05, 0) is 42.0 Å². The minimum absolute atomic E-state index is 0.0171. The smallest absolute Gasteiger partial charge is 0.348 e. The van der Waals surface area contributed by atoms with Crippen molar-refractivity contribution in [3.8, 4) is 11.5 Å². The lowest BCUT2D eigenvalue weighted by Crippen LogP contribution is -2.48. The molecule has 1 aliphatic rings. The Kier molecular flexibility index (Phi) is 7.56. The van der Waals surface area contributed by atoms with E-state index in [1.807, 2.05) is 30.3 Å². The lowest BCUT2D eigenvalue weighted by atomic mass is 10.2. The maximum atomic E-state index is 13.0. The number of anilines is 1. The molecule has 1 heterocycles. The van der Waals surface area contributed by atoms with Crippen LogP contribution in [0.3, 0.4) is 0 Å². The maximum Gasteiger partial charge on any atom is 0.348 e. The second kappa shape index (κ2) is 10.8. The standard InChI is InChI=1S/C26H26N2O7S/c1-27(16-19-8-4-3-5-9-19)36(31,32)21-14-12-20(13-15-21)34-18-25(29)28-17-24(26(30)33-2)35-23-11-7-6-10-22(23)28/h3-15,24H,16-18H2,1-2H3/t24-/m0/s1. The predicted molar refractivity (Wildman–Crippen MR) is 132 cm³/mol. The zero-order valence-corrected chi connectivity index (χ0v) is 20.7. The van der Waals surface area contributed by atoms with Crippen molar-refractivity contribution in [2.45, 2.75) is 17.5 Å². The fraction of sp³-hybridized carbons (Fsp3) is 0.231. The molecule has 9 nitrogen and oxygen atoms in total. The third kappa shape index (κ3) is 5.50. The van der Waals surface area contributed by atoms with Crippen LogP contribution in [0.25, 0.3) is 0 Å². The molecule has 10 heteroatoms. The van der Waals surface area contributed by atoms with Crippen molar-refractivity contribution in [2.75, 3.05) is 32.2 Å². The van der Waals surface area contributed by atoms with E-state index in [9.17, 15) is 18.0 Å². The Hall–Kier alpha value is -3.89. The zero-order valence-electron chi connectivity index (χ0n) is 19.9. The van der Waals surface area contributed by atoms with Crippen molar-refractivity contribution in [1.29, 1.82) is 0 Å². The van der Waals surface area contributed by atoms with Gasteiger partial charge in [0.1, 0.15) is 11.5 Å². The van der Waals surface area contributed by atoms with Gasteiger partial charge < -0.3 is 19.1 Å². The Morgan fingerprint density at radius 1 is 1.00 bits per heavy atom. The summed E-state index contributed by atoms with van der Waals surface area (Å²) in [6.45, 7) is -0.0947.